The maximum Gasteiger partial charge on any atom is 0.140 e. The number of rotatable bonds is 4. The van der Waals surface area contributed by atoms with Gasteiger partial charge in [0.2, 0.25) is 0 Å². The van der Waals surface area contributed by atoms with Crippen LogP contribution in [0.3, 0.4) is 0 Å². The van der Waals surface area contributed by atoms with Crippen molar-refractivity contribution in [2.45, 2.75) is 45.8 Å². The number of halogens is 1. The van der Waals surface area contributed by atoms with Crippen molar-refractivity contribution in [2.24, 2.45) is 0 Å². The van der Waals surface area contributed by atoms with Gasteiger partial charge in [-0.1, -0.05) is 36.7 Å². The molecule has 2 aromatic rings. The van der Waals surface area contributed by atoms with E-state index in [1.807, 2.05) is 18.2 Å². The molecule has 1 atom stereocenters. The van der Waals surface area contributed by atoms with Crippen LogP contribution >= 0.6 is 27.3 Å². The number of aliphatic hydroxyl groups is 1. The number of nitrogens with zero attached hydrogens (tertiary/aromatic N) is 1. The van der Waals surface area contributed by atoms with E-state index >= 15 is 0 Å². The van der Waals surface area contributed by atoms with Crippen LogP contribution in [-0.4, -0.2) is 10.1 Å². The Bertz CT molecular complexity index is 617. The minimum absolute atomic E-state index is 0.0527. The fourth-order valence-electron chi connectivity index (χ4n) is 1.84. The van der Waals surface area contributed by atoms with E-state index < -0.39 is 6.10 Å². The fourth-order valence-corrected chi connectivity index (χ4v) is 3.15. The first-order chi connectivity index (χ1) is 9.77. The van der Waals surface area contributed by atoms with Crippen LogP contribution in [0.15, 0.2) is 28.1 Å². The van der Waals surface area contributed by atoms with Gasteiger partial charge >= 0.3 is 0 Å². The minimum Gasteiger partial charge on any atom is -0.486 e. The zero-order valence-electron chi connectivity index (χ0n) is 12.7. The van der Waals surface area contributed by atoms with Crippen LogP contribution in [0.5, 0.6) is 5.75 Å². The molecular formula is C16H20BrNO2S. The van der Waals surface area contributed by atoms with Crippen molar-refractivity contribution in [3.63, 3.8) is 0 Å². The molecule has 0 fully saturated rings. The van der Waals surface area contributed by atoms with Crippen LogP contribution in [0.4, 0.5) is 0 Å². The first-order valence-corrected chi connectivity index (χ1v) is 8.50. The Kier molecular flexibility index (Phi) is 5.07. The van der Waals surface area contributed by atoms with E-state index in [9.17, 15) is 5.11 Å². The highest BCUT2D eigenvalue weighted by Gasteiger charge is 2.18. The van der Waals surface area contributed by atoms with E-state index in [1.54, 1.807) is 18.3 Å². The molecule has 2 rings (SSSR count). The molecule has 21 heavy (non-hydrogen) atoms. The predicted octanol–water partition coefficient (Wildman–Crippen LogP) is 4.84. The van der Waals surface area contributed by atoms with Crippen molar-refractivity contribution in [2.75, 3.05) is 0 Å². The van der Waals surface area contributed by atoms with Crippen molar-refractivity contribution in [3.8, 4) is 5.75 Å². The van der Waals surface area contributed by atoms with E-state index in [0.717, 1.165) is 20.7 Å². The third-order valence-corrected chi connectivity index (χ3v) is 4.41. The molecule has 0 aliphatic carbocycles. The summed E-state index contributed by atoms with van der Waals surface area (Å²) < 4.78 is 6.76. The summed E-state index contributed by atoms with van der Waals surface area (Å²) in [6.07, 6.45) is -0.570. The summed E-state index contributed by atoms with van der Waals surface area (Å²) in [4.78, 5) is 4.61. The molecule has 0 saturated heterocycles. The largest absolute Gasteiger partial charge is 0.486 e. The lowest BCUT2D eigenvalue weighted by atomic mass is 9.93. The number of ether oxygens (including phenoxy) is 1. The summed E-state index contributed by atoms with van der Waals surface area (Å²) in [5.74, 6) is 0.695. The van der Waals surface area contributed by atoms with Gasteiger partial charge in [-0.25, -0.2) is 4.98 Å². The first kappa shape index (κ1) is 16.5. The molecule has 114 valence electrons. The lowest BCUT2D eigenvalue weighted by Crippen LogP contribution is -2.11. The molecule has 0 unspecified atom stereocenters. The van der Waals surface area contributed by atoms with Crippen LogP contribution in [0.25, 0.3) is 0 Å². The number of benzene rings is 1. The number of hydrogen-bond acceptors (Lipinski definition) is 4. The van der Waals surface area contributed by atoms with Crippen LogP contribution in [0.2, 0.25) is 0 Å². The Morgan fingerprint density at radius 3 is 2.67 bits per heavy atom. The van der Waals surface area contributed by atoms with Gasteiger partial charge in [0.1, 0.15) is 17.4 Å². The lowest BCUT2D eigenvalue weighted by molar-refractivity contribution is 0.190. The first-order valence-electron chi connectivity index (χ1n) is 6.82. The molecule has 3 nitrogen and oxygen atoms in total. The highest BCUT2D eigenvalue weighted by atomic mass is 79.9. The van der Waals surface area contributed by atoms with Crippen molar-refractivity contribution < 1.29 is 9.84 Å². The van der Waals surface area contributed by atoms with Gasteiger partial charge in [-0.05, 0) is 25.1 Å². The Morgan fingerprint density at radius 2 is 2.10 bits per heavy atom. The number of aliphatic hydroxyl groups excluding tert-OH is 1. The summed E-state index contributed by atoms with van der Waals surface area (Å²) in [5, 5.41) is 12.8. The molecular weight excluding hydrogens is 350 g/mol. The standard InChI is InChI=1S/C16H20BrNO2S/c1-10(19)12-7-11(17)5-6-13(12)20-8-15-18-14(9-21-15)16(2,3)4/h5-7,9-10,19H,8H2,1-4H3/t10-/m0/s1. The predicted molar refractivity (Wildman–Crippen MR) is 89.9 cm³/mol. The zero-order chi connectivity index (χ0) is 15.6. The Balaban J connectivity index is 2.12. The summed E-state index contributed by atoms with van der Waals surface area (Å²) in [7, 11) is 0. The SMILES string of the molecule is C[C@H](O)c1cc(Br)ccc1OCc1nc(C(C)(C)C)cs1. The number of hydrogen-bond donors (Lipinski definition) is 1. The summed E-state index contributed by atoms with van der Waals surface area (Å²) >= 11 is 5.01. The van der Waals surface area contributed by atoms with Crippen molar-refractivity contribution in [1.82, 2.24) is 4.98 Å². The molecule has 0 radical (unpaired) electrons. The average molecular weight is 370 g/mol. The highest BCUT2D eigenvalue weighted by Crippen LogP contribution is 2.30. The van der Waals surface area contributed by atoms with Crippen molar-refractivity contribution in [3.05, 3.63) is 44.3 Å². The highest BCUT2D eigenvalue weighted by molar-refractivity contribution is 9.10. The Labute approximate surface area is 138 Å². The van der Waals surface area contributed by atoms with Crippen molar-refractivity contribution >= 4 is 27.3 Å². The molecule has 0 aliphatic rings. The van der Waals surface area contributed by atoms with Crippen LogP contribution in [0.1, 0.15) is 50.1 Å². The Hall–Kier alpha value is -0.910. The normalized spacial score (nSPS) is 13.2. The van der Waals surface area contributed by atoms with Crippen LogP contribution in [0, 0.1) is 0 Å². The maximum atomic E-state index is 9.82. The topological polar surface area (TPSA) is 42.4 Å². The summed E-state index contributed by atoms with van der Waals surface area (Å²) in [6.45, 7) is 8.59. The van der Waals surface area contributed by atoms with Crippen LogP contribution < -0.4 is 4.74 Å². The molecule has 1 aromatic heterocycles. The molecule has 1 N–H and O–H groups in total. The van der Waals surface area contributed by atoms with Gasteiger partial charge in [0, 0.05) is 20.8 Å². The number of thiazole rings is 1. The monoisotopic (exact) mass is 369 g/mol. The van der Waals surface area contributed by atoms with Gasteiger partial charge in [-0.3, -0.25) is 0 Å². The van der Waals surface area contributed by atoms with Crippen LogP contribution in [-0.2, 0) is 12.0 Å². The molecule has 0 bridgehead atoms. The molecule has 0 spiro atoms. The zero-order valence-corrected chi connectivity index (χ0v) is 15.1. The summed E-state index contributed by atoms with van der Waals surface area (Å²) in [5.41, 5.74) is 1.91. The lowest BCUT2D eigenvalue weighted by Gasteiger charge is -2.15. The smallest absolute Gasteiger partial charge is 0.140 e. The fraction of sp³-hybridized carbons (Fsp3) is 0.438. The second kappa shape index (κ2) is 6.46. The van der Waals surface area contributed by atoms with E-state index in [2.05, 4.69) is 47.1 Å². The molecule has 0 aliphatic heterocycles. The van der Waals surface area contributed by atoms with Gasteiger partial charge in [0.15, 0.2) is 0 Å². The molecule has 0 amide bonds. The van der Waals surface area contributed by atoms with E-state index in [0.29, 0.717) is 12.4 Å². The van der Waals surface area contributed by atoms with E-state index in [4.69, 9.17) is 4.74 Å². The maximum absolute atomic E-state index is 9.82. The Morgan fingerprint density at radius 1 is 1.38 bits per heavy atom. The van der Waals surface area contributed by atoms with Gasteiger partial charge in [-0.15, -0.1) is 11.3 Å². The second-order valence-electron chi connectivity index (χ2n) is 6.02. The molecule has 0 saturated carbocycles. The van der Waals surface area contributed by atoms with Gasteiger partial charge in [0.05, 0.1) is 11.8 Å². The number of aromatic nitrogens is 1. The summed E-state index contributed by atoms with van der Waals surface area (Å²) in [6, 6.07) is 5.65. The quantitative estimate of drug-likeness (QED) is 0.838. The minimum atomic E-state index is -0.570. The van der Waals surface area contributed by atoms with E-state index in [1.165, 1.54) is 0 Å². The van der Waals surface area contributed by atoms with Gasteiger partial charge in [0.25, 0.3) is 0 Å². The third-order valence-electron chi connectivity index (χ3n) is 3.09. The average Bonchev–Trinajstić information content (AvgIpc) is 2.85. The molecule has 1 heterocycles. The van der Waals surface area contributed by atoms with Crippen molar-refractivity contribution in [1.29, 1.82) is 0 Å². The van der Waals surface area contributed by atoms with Gasteiger partial charge < -0.3 is 9.84 Å². The van der Waals surface area contributed by atoms with E-state index in [-0.39, 0.29) is 5.41 Å². The second-order valence-corrected chi connectivity index (χ2v) is 7.88. The third kappa shape index (κ3) is 4.28. The van der Waals surface area contributed by atoms with Gasteiger partial charge in [-0.2, -0.15) is 0 Å². The molecule has 1 aromatic carbocycles. The molecule has 5 heteroatoms.